The zero-order valence-corrected chi connectivity index (χ0v) is 12.4. The van der Waals surface area contributed by atoms with Gasteiger partial charge in [-0.1, -0.05) is 13.8 Å². The molecule has 0 unspecified atom stereocenters. The second kappa shape index (κ2) is 5.36. The number of carbonyl (C=O) groups excluding carboxylic acids is 2. The second-order valence-electron chi connectivity index (χ2n) is 6.56. The fraction of sp³-hybridized carbons (Fsp3) is 0.846. The van der Waals surface area contributed by atoms with Gasteiger partial charge < -0.3 is 20.7 Å². The van der Waals surface area contributed by atoms with Crippen molar-refractivity contribution in [2.75, 3.05) is 19.6 Å². The van der Waals surface area contributed by atoms with Crippen LogP contribution in [0.15, 0.2) is 0 Å². The first-order valence-electron chi connectivity index (χ1n) is 6.58. The molecule has 1 fully saturated rings. The molecule has 6 nitrogen and oxygen atoms in total. The van der Waals surface area contributed by atoms with Crippen LogP contribution in [0.2, 0.25) is 0 Å². The maximum absolute atomic E-state index is 11.8. The van der Waals surface area contributed by atoms with E-state index in [-0.39, 0.29) is 13.1 Å². The topological polar surface area (TPSA) is 84.7 Å². The van der Waals surface area contributed by atoms with Gasteiger partial charge in [0.1, 0.15) is 11.1 Å². The Bertz CT molecular complexity index is 355. The number of nitrogens with zero attached hydrogens (tertiary/aromatic N) is 1. The van der Waals surface area contributed by atoms with E-state index in [0.29, 0.717) is 12.5 Å². The van der Waals surface area contributed by atoms with Gasteiger partial charge >= 0.3 is 6.09 Å². The fourth-order valence-electron chi connectivity index (χ4n) is 1.82. The summed E-state index contributed by atoms with van der Waals surface area (Å²) in [5, 5.41) is 3.16. The standard InChI is InChI=1S/C13H25N3O3/c1-9(2)6-15-13(10(14)17)7-16(8-13)11(18)19-12(3,4)5/h9,15H,6-8H2,1-5H3,(H2,14,17). The van der Waals surface area contributed by atoms with Gasteiger partial charge in [-0.15, -0.1) is 0 Å². The number of primary amides is 1. The average molecular weight is 271 g/mol. The van der Waals surface area contributed by atoms with Crippen LogP contribution in [-0.2, 0) is 9.53 Å². The van der Waals surface area contributed by atoms with Crippen molar-refractivity contribution in [3.05, 3.63) is 0 Å². The van der Waals surface area contributed by atoms with Gasteiger partial charge in [0.25, 0.3) is 0 Å². The average Bonchev–Trinajstić information content (AvgIpc) is 2.11. The summed E-state index contributed by atoms with van der Waals surface area (Å²) in [6.45, 7) is 10.7. The first kappa shape index (κ1) is 15.8. The summed E-state index contributed by atoms with van der Waals surface area (Å²) >= 11 is 0. The van der Waals surface area contributed by atoms with Gasteiger partial charge in [0, 0.05) is 0 Å². The molecule has 0 atom stereocenters. The van der Waals surface area contributed by atoms with Crippen LogP contribution in [0.3, 0.4) is 0 Å². The highest BCUT2D eigenvalue weighted by molar-refractivity contribution is 5.88. The second-order valence-corrected chi connectivity index (χ2v) is 6.56. The van der Waals surface area contributed by atoms with Crippen molar-refractivity contribution in [2.45, 2.75) is 45.8 Å². The van der Waals surface area contributed by atoms with Crippen LogP contribution >= 0.6 is 0 Å². The van der Waals surface area contributed by atoms with Crippen molar-refractivity contribution in [2.24, 2.45) is 11.7 Å². The van der Waals surface area contributed by atoms with E-state index < -0.39 is 23.1 Å². The molecular formula is C13H25N3O3. The zero-order valence-electron chi connectivity index (χ0n) is 12.4. The summed E-state index contributed by atoms with van der Waals surface area (Å²) in [6, 6.07) is 0. The first-order valence-corrected chi connectivity index (χ1v) is 6.58. The number of amides is 2. The zero-order chi connectivity index (χ0) is 14.8. The van der Waals surface area contributed by atoms with Gasteiger partial charge in [-0.25, -0.2) is 4.79 Å². The highest BCUT2D eigenvalue weighted by Gasteiger charge is 2.50. The Morgan fingerprint density at radius 1 is 1.37 bits per heavy atom. The van der Waals surface area contributed by atoms with E-state index >= 15 is 0 Å². The number of nitrogens with two attached hydrogens (primary N) is 1. The summed E-state index contributed by atoms with van der Waals surface area (Å²) in [4.78, 5) is 24.9. The maximum atomic E-state index is 11.8. The molecule has 0 aromatic carbocycles. The van der Waals surface area contributed by atoms with Gasteiger partial charge in [0.2, 0.25) is 5.91 Å². The molecular weight excluding hydrogens is 246 g/mol. The van der Waals surface area contributed by atoms with E-state index in [0.717, 1.165) is 0 Å². The lowest BCUT2D eigenvalue weighted by Crippen LogP contribution is -2.76. The molecule has 1 aliphatic rings. The summed E-state index contributed by atoms with van der Waals surface area (Å²) in [5.41, 5.74) is 4.09. The first-order chi connectivity index (χ1) is 8.56. The van der Waals surface area contributed by atoms with E-state index in [1.807, 2.05) is 34.6 Å². The van der Waals surface area contributed by atoms with Crippen LogP contribution in [0.5, 0.6) is 0 Å². The summed E-state index contributed by atoms with van der Waals surface area (Å²) in [5.74, 6) is -0.0141. The van der Waals surface area contributed by atoms with Crippen LogP contribution < -0.4 is 11.1 Å². The van der Waals surface area contributed by atoms with Crippen LogP contribution in [0.25, 0.3) is 0 Å². The Morgan fingerprint density at radius 3 is 2.26 bits per heavy atom. The fourth-order valence-corrected chi connectivity index (χ4v) is 1.82. The van der Waals surface area contributed by atoms with Gasteiger partial charge in [-0.2, -0.15) is 0 Å². The van der Waals surface area contributed by atoms with Crippen LogP contribution in [0, 0.1) is 5.92 Å². The minimum Gasteiger partial charge on any atom is -0.444 e. The highest BCUT2D eigenvalue weighted by atomic mass is 16.6. The minimum atomic E-state index is -0.804. The molecule has 1 saturated heterocycles. The maximum Gasteiger partial charge on any atom is 0.410 e. The minimum absolute atomic E-state index is 0.268. The molecule has 0 saturated carbocycles. The van der Waals surface area contributed by atoms with Gasteiger partial charge in [-0.05, 0) is 33.2 Å². The van der Waals surface area contributed by atoms with Crippen molar-refractivity contribution in [3.8, 4) is 0 Å². The largest absolute Gasteiger partial charge is 0.444 e. The van der Waals surface area contributed by atoms with Crippen molar-refractivity contribution < 1.29 is 14.3 Å². The lowest BCUT2D eigenvalue weighted by atomic mass is 9.88. The number of hydrogen-bond acceptors (Lipinski definition) is 4. The summed E-state index contributed by atoms with van der Waals surface area (Å²) in [7, 11) is 0. The molecule has 1 aliphatic heterocycles. The Balaban J connectivity index is 2.55. The van der Waals surface area contributed by atoms with Crippen molar-refractivity contribution in [1.29, 1.82) is 0 Å². The molecule has 3 N–H and O–H groups in total. The Labute approximate surface area is 114 Å². The number of hydrogen-bond donors (Lipinski definition) is 2. The summed E-state index contributed by atoms with van der Waals surface area (Å²) in [6.07, 6.45) is -0.407. The van der Waals surface area contributed by atoms with E-state index in [9.17, 15) is 9.59 Å². The predicted molar refractivity (Wildman–Crippen MR) is 72.6 cm³/mol. The molecule has 0 aromatic heterocycles. The van der Waals surface area contributed by atoms with E-state index in [2.05, 4.69) is 5.32 Å². The Morgan fingerprint density at radius 2 is 1.89 bits per heavy atom. The normalized spacial score (nSPS) is 18.1. The monoisotopic (exact) mass is 271 g/mol. The van der Waals surface area contributed by atoms with Crippen molar-refractivity contribution >= 4 is 12.0 Å². The van der Waals surface area contributed by atoms with E-state index in [1.165, 1.54) is 4.90 Å². The van der Waals surface area contributed by atoms with Crippen molar-refractivity contribution in [3.63, 3.8) is 0 Å². The molecule has 2 amide bonds. The van der Waals surface area contributed by atoms with Gasteiger partial charge in [-0.3, -0.25) is 4.79 Å². The Hall–Kier alpha value is -1.30. The molecule has 0 spiro atoms. The molecule has 0 aliphatic carbocycles. The number of carbonyl (C=O) groups is 2. The molecule has 0 aromatic rings. The van der Waals surface area contributed by atoms with Crippen molar-refractivity contribution in [1.82, 2.24) is 10.2 Å². The number of ether oxygens (including phenoxy) is 1. The Kier molecular flexibility index (Phi) is 4.45. The third-order valence-electron chi connectivity index (χ3n) is 2.89. The van der Waals surface area contributed by atoms with Crippen LogP contribution in [0.1, 0.15) is 34.6 Å². The molecule has 0 bridgehead atoms. The predicted octanol–water partition coefficient (Wildman–Crippen LogP) is 0.707. The molecule has 1 heterocycles. The molecule has 6 heteroatoms. The third-order valence-corrected chi connectivity index (χ3v) is 2.89. The molecule has 110 valence electrons. The van der Waals surface area contributed by atoms with E-state index in [1.54, 1.807) is 0 Å². The highest BCUT2D eigenvalue weighted by Crippen LogP contribution is 2.23. The number of nitrogens with one attached hydrogen (secondary N) is 1. The lowest BCUT2D eigenvalue weighted by Gasteiger charge is -2.48. The molecule has 0 radical (unpaired) electrons. The van der Waals surface area contributed by atoms with Crippen LogP contribution in [0.4, 0.5) is 4.79 Å². The van der Waals surface area contributed by atoms with E-state index in [4.69, 9.17) is 10.5 Å². The van der Waals surface area contributed by atoms with Gasteiger partial charge in [0.15, 0.2) is 0 Å². The number of likely N-dealkylation sites (tertiary alicyclic amines) is 1. The SMILES string of the molecule is CC(C)CNC1(C(N)=O)CN(C(=O)OC(C)(C)C)C1. The third kappa shape index (κ3) is 4.09. The smallest absolute Gasteiger partial charge is 0.410 e. The number of rotatable bonds is 4. The molecule has 19 heavy (non-hydrogen) atoms. The summed E-state index contributed by atoms with van der Waals surface area (Å²) < 4.78 is 5.25. The van der Waals surface area contributed by atoms with Gasteiger partial charge in [0.05, 0.1) is 13.1 Å². The quantitative estimate of drug-likeness (QED) is 0.788. The van der Waals surface area contributed by atoms with Crippen LogP contribution in [-0.4, -0.2) is 47.7 Å². The lowest BCUT2D eigenvalue weighted by molar-refractivity contribution is -0.131. The molecule has 1 rings (SSSR count).